The van der Waals surface area contributed by atoms with Gasteiger partial charge in [-0.2, -0.15) is 0 Å². The summed E-state index contributed by atoms with van der Waals surface area (Å²) in [6.45, 7) is 25.4. The highest BCUT2D eigenvalue weighted by molar-refractivity contribution is 5.76. The van der Waals surface area contributed by atoms with Crippen molar-refractivity contribution in [2.24, 2.45) is 41.4 Å². The van der Waals surface area contributed by atoms with Gasteiger partial charge in [0.1, 0.15) is 6.10 Å². The summed E-state index contributed by atoms with van der Waals surface area (Å²) < 4.78 is 14.8. The Labute approximate surface area is 241 Å². The van der Waals surface area contributed by atoms with E-state index in [-0.39, 0.29) is 17.9 Å². The predicted molar refractivity (Wildman–Crippen MR) is 161 cm³/mol. The third kappa shape index (κ3) is 10.7. The molecule has 3 aliphatic heterocycles. The van der Waals surface area contributed by atoms with Crippen LogP contribution >= 0.6 is 0 Å². The van der Waals surface area contributed by atoms with Gasteiger partial charge in [-0.15, -0.1) is 0 Å². The Hall–Kier alpha value is -1.59. The smallest absolute Gasteiger partial charge is 0.309 e. The fourth-order valence-corrected chi connectivity index (χ4v) is 6.70. The monoisotopic (exact) mass is 556 g/mol. The van der Waals surface area contributed by atoms with Crippen molar-refractivity contribution in [3.8, 4) is 0 Å². The third-order valence-corrected chi connectivity index (χ3v) is 7.89. The van der Waals surface area contributed by atoms with E-state index in [1.54, 1.807) is 0 Å². The van der Waals surface area contributed by atoms with E-state index < -0.39 is 0 Å². The largest absolute Gasteiger partial charge is 0.466 e. The summed E-state index contributed by atoms with van der Waals surface area (Å²) in [7, 11) is 0. The molecule has 0 aromatic heterocycles. The number of cyclic esters (lactones) is 2. The van der Waals surface area contributed by atoms with Gasteiger partial charge in [0.25, 0.3) is 0 Å². The number of hydrogen-bond acceptors (Lipinski definition) is 6. The molecular weight excluding hydrogens is 492 g/mol. The quantitative estimate of drug-likeness (QED) is 0.219. The molecule has 8 atom stereocenters. The fraction of sp³-hybridized carbons (Fsp3) is 0.909. The summed E-state index contributed by atoms with van der Waals surface area (Å²) in [6, 6.07) is 0. The van der Waals surface area contributed by atoms with Gasteiger partial charge < -0.3 is 14.2 Å². The Balaban J connectivity index is 0. The van der Waals surface area contributed by atoms with Gasteiger partial charge in [0.2, 0.25) is 0 Å². The van der Waals surface area contributed by atoms with Gasteiger partial charge in [-0.05, 0) is 62.7 Å². The lowest BCUT2D eigenvalue weighted by Gasteiger charge is -2.19. The van der Waals surface area contributed by atoms with Gasteiger partial charge in [-0.25, -0.2) is 0 Å². The fourth-order valence-electron chi connectivity index (χ4n) is 6.70. The molecule has 7 fully saturated rings. The van der Waals surface area contributed by atoms with Crippen LogP contribution in [-0.2, 0) is 28.6 Å². The first kappa shape index (κ1) is 39.6. The van der Waals surface area contributed by atoms with Crippen molar-refractivity contribution in [3.05, 3.63) is 0 Å². The van der Waals surface area contributed by atoms with E-state index in [4.69, 9.17) is 9.47 Å². The van der Waals surface area contributed by atoms with E-state index in [1.807, 2.05) is 83.1 Å². The molecule has 0 spiro atoms. The van der Waals surface area contributed by atoms with Gasteiger partial charge in [0.15, 0.2) is 0 Å². The van der Waals surface area contributed by atoms with Crippen molar-refractivity contribution in [1.29, 1.82) is 0 Å². The molecule has 8 unspecified atom stereocenters. The maximum atomic E-state index is 11.2. The molecule has 7 aliphatic rings. The molecule has 4 saturated carbocycles. The molecular formula is C33H64O6. The average molecular weight is 557 g/mol. The number of ether oxygens (including phenoxy) is 3. The van der Waals surface area contributed by atoms with Crippen LogP contribution in [0.1, 0.15) is 134 Å². The van der Waals surface area contributed by atoms with Crippen LogP contribution in [0, 0.1) is 41.4 Å². The normalized spacial score (nSPS) is 33.4. The molecule has 39 heavy (non-hydrogen) atoms. The lowest BCUT2D eigenvalue weighted by Crippen LogP contribution is -2.22. The highest BCUT2D eigenvalue weighted by Gasteiger charge is 2.56. The number of carbonyl (C=O) groups excluding carboxylic acids is 3. The number of rotatable bonds is 0. The first-order valence-corrected chi connectivity index (χ1v) is 16.6. The van der Waals surface area contributed by atoms with Crippen LogP contribution in [0.4, 0.5) is 0 Å². The summed E-state index contributed by atoms with van der Waals surface area (Å²) in [5.41, 5.74) is 0. The van der Waals surface area contributed by atoms with Crippen LogP contribution in [0.2, 0.25) is 0 Å². The van der Waals surface area contributed by atoms with Crippen molar-refractivity contribution < 1.29 is 28.6 Å². The summed E-state index contributed by atoms with van der Waals surface area (Å²) in [5.74, 6) is 4.35. The first-order valence-electron chi connectivity index (χ1n) is 16.6. The molecule has 232 valence electrons. The zero-order valence-electron chi connectivity index (χ0n) is 27.6. The Morgan fingerprint density at radius 1 is 0.615 bits per heavy atom. The lowest BCUT2D eigenvalue weighted by atomic mass is 9.81. The SMILES string of the molecule is CC.CC.CC.CC.CC.CC.O=C1CCCO1.O=C1OC2CC3CC1C2C3.O=C1OCC2C3CCC(C3)C12. The van der Waals surface area contributed by atoms with E-state index in [2.05, 4.69) is 4.74 Å². The first-order chi connectivity index (χ1) is 19.1. The van der Waals surface area contributed by atoms with E-state index in [0.29, 0.717) is 48.7 Å². The molecule has 4 bridgehead atoms. The lowest BCUT2D eigenvalue weighted by molar-refractivity contribution is -0.144. The average Bonchev–Trinajstić information content (AvgIpc) is 3.87. The van der Waals surface area contributed by atoms with Gasteiger partial charge in [0, 0.05) is 18.3 Å². The van der Waals surface area contributed by atoms with Gasteiger partial charge >= 0.3 is 17.9 Å². The van der Waals surface area contributed by atoms with Crippen molar-refractivity contribution in [3.63, 3.8) is 0 Å². The maximum Gasteiger partial charge on any atom is 0.309 e. The molecule has 3 heterocycles. The Morgan fingerprint density at radius 2 is 1.21 bits per heavy atom. The zero-order valence-corrected chi connectivity index (χ0v) is 27.6. The van der Waals surface area contributed by atoms with E-state index in [9.17, 15) is 14.4 Å². The highest BCUT2D eigenvalue weighted by atomic mass is 16.6. The van der Waals surface area contributed by atoms with Gasteiger partial charge in [-0.3, -0.25) is 14.4 Å². The Kier molecular flexibility index (Phi) is 23.5. The number of carbonyl (C=O) groups is 3. The molecule has 0 aromatic carbocycles. The summed E-state index contributed by atoms with van der Waals surface area (Å²) in [5, 5.41) is 0. The molecule has 0 amide bonds. The summed E-state index contributed by atoms with van der Waals surface area (Å²) in [6.07, 6.45) is 9.36. The number of fused-ring (bicyclic) bond motifs is 6. The molecule has 0 aromatic rings. The van der Waals surface area contributed by atoms with Crippen LogP contribution in [-0.4, -0.2) is 37.2 Å². The van der Waals surface area contributed by atoms with Crippen LogP contribution in [0.25, 0.3) is 0 Å². The minimum atomic E-state index is -0.0463. The number of esters is 3. The van der Waals surface area contributed by atoms with Crippen molar-refractivity contribution in [2.45, 2.75) is 141 Å². The van der Waals surface area contributed by atoms with Crippen LogP contribution < -0.4 is 0 Å². The van der Waals surface area contributed by atoms with Crippen LogP contribution in [0.3, 0.4) is 0 Å². The standard InChI is InChI=1S/C9H12O2.C8H10O2.C4H6O2.6C2H6/c10-9-8-6-2-1-5(3-6)7(8)4-11-9;9-8-6-2-4-1-5(6)7(3-4)10-8;5-4-2-1-3-6-4;6*1-2/h5-8H,1-4H2;4-7H,1-3H2;1-3H2;6*1-2H3. The minimum Gasteiger partial charge on any atom is -0.466 e. The van der Waals surface area contributed by atoms with Crippen molar-refractivity contribution >= 4 is 17.9 Å². The molecule has 3 saturated heterocycles. The van der Waals surface area contributed by atoms with Gasteiger partial charge in [0.05, 0.1) is 25.0 Å². The van der Waals surface area contributed by atoms with Crippen molar-refractivity contribution in [1.82, 2.24) is 0 Å². The topological polar surface area (TPSA) is 78.9 Å². The summed E-state index contributed by atoms with van der Waals surface area (Å²) in [4.78, 5) is 32.3. The minimum absolute atomic E-state index is 0.0463. The summed E-state index contributed by atoms with van der Waals surface area (Å²) >= 11 is 0. The molecule has 4 aliphatic carbocycles. The highest BCUT2D eigenvalue weighted by Crippen LogP contribution is 2.55. The second-order valence-electron chi connectivity index (χ2n) is 9.30. The van der Waals surface area contributed by atoms with Crippen LogP contribution in [0.15, 0.2) is 0 Å². The van der Waals surface area contributed by atoms with Gasteiger partial charge in [-0.1, -0.05) is 83.1 Å². The predicted octanol–water partition coefficient (Wildman–Crippen LogP) is 8.64. The second kappa shape index (κ2) is 23.1. The van der Waals surface area contributed by atoms with Crippen molar-refractivity contribution in [2.75, 3.05) is 13.2 Å². The molecule has 6 nitrogen and oxygen atoms in total. The Bertz CT molecular complexity index is 638. The molecule has 0 N–H and O–H groups in total. The molecule has 0 radical (unpaired) electrons. The van der Waals surface area contributed by atoms with E-state index >= 15 is 0 Å². The third-order valence-electron chi connectivity index (χ3n) is 7.89. The van der Waals surface area contributed by atoms with E-state index in [1.165, 1.54) is 25.7 Å². The Morgan fingerprint density at radius 3 is 1.62 bits per heavy atom. The maximum absolute atomic E-state index is 11.2. The van der Waals surface area contributed by atoms with E-state index in [0.717, 1.165) is 37.7 Å². The molecule has 6 heteroatoms. The molecule has 7 rings (SSSR count). The number of hydrogen-bond donors (Lipinski definition) is 0. The van der Waals surface area contributed by atoms with Crippen LogP contribution in [0.5, 0.6) is 0 Å². The second-order valence-corrected chi connectivity index (χ2v) is 9.30. The zero-order chi connectivity index (χ0) is 30.5.